The Hall–Kier alpha value is -4.36. The fourth-order valence-corrected chi connectivity index (χ4v) is 4.64. The van der Waals surface area contributed by atoms with E-state index in [1.54, 1.807) is 38.1 Å². The number of unbranched alkanes of at least 4 members (excludes halogenated alkanes) is 1. The lowest BCUT2D eigenvalue weighted by molar-refractivity contribution is -0.134. The normalized spacial score (nSPS) is 12.1. The molecule has 0 aromatic heterocycles. The third-order valence-electron chi connectivity index (χ3n) is 7.31. The number of rotatable bonds is 23. The van der Waals surface area contributed by atoms with Gasteiger partial charge in [-0.1, -0.05) is 91.4 Å². The van der Waals surface area contributed by atoms with Gasteiger partial charge in [-0.05, 0) is 107 Å². The number of carbonyl (C=O) groups is 3. The fraction of sp³-hybridized carbons (Fsp3) is 0.390. The molecule has 0 radical (unpaired) electrons. The highest BCUT2D eigenvalue weighted by Crippen LogP contribution is 2.19. The highest BCUT2D eigenvalue weighted by molar-refractivity contribution is 6.30. The number of nitrogens with one attached hydrogen (secondary N) is 3. The van der Waals surface area contributed by atoms with Gasteiger partial charge in [-0.3, -0.25) is 14.4 Å². The van der Waals surface area contributed by atoms with Gasteiger partial charge >= 0.3 is 0 Å². The molecule has 0 aliphatic carbocycles. The predicted octanol–water partition coefficient (Wildman–Crippen LogP) is 8.62. The van der Waals surface area contributed by atoms with Crippen molar-refractivity contribution in [2.24, 2.45) is 0 Å². The van der Waals surface area contributed by atoms with E-state index in [2.05, 4.69) is 83.6 Å². The van der Waals surface area contributed by atoms with Crippen LogP contribution in [0.2, 0.25) is 5.02 Å². The monoisotopic (exact) mass is 687 g/mol. The zero-order valence-electron chi connectivity index (χ0n) is 29.4. The Morgan fingerprint density at radius 3 is 1.84 bits per heavy atom. The molecule has 0 fully saturated rings. The van der Waals surface area contributed by atoms with Crippen molar-refractivity contribution in [1.29, 1.82) is 0 Å². The maximum absolute atomic E-state index is 12.8. The molecule has 0 saturated carbocycles. The van der Waals surface area contributed by atoms with E-state index in [1.165, 1.54) is 0 Å². The summed E-state index contributed by atoms with van der Waals surface area (Å²) in [6, 6.07) is 14.2. The molecule has 2 rings (SSSR count). The van der Waals surface area contributed by atoms with Gasteiger partial charge in [0, 0.05) is 36.6 Å². The van der Waals surface area contributed by atoms with Crippen molar-refractivity contribution in [3.63, 3.8) is 0 Å². The number of ether oxygens (including phenoxy) is 1. The molecule has 7 nitrogen and oxygen atoms in total. The van der Waals surface area contributed by atoms with Gasteiger partial charge in [-0.25, -0.2) is 0 Å². The van der Waals surface area contributed by atoms with E-state index in [0.717, 1.165) is 50.5 Å². The standard InChI is InChI=1S/C41H54ClN3O4/c1-4-5-6-7-8-9-10-11-12-13-14-15-16-17-18-19-20-21-38(46)43-32-33-45-40(48)41(2,3)49-37-28-22-34(23-29-37)30-31-44-39(47)35-24-26-36(42)27-25-35/h5-6,8-9,11-12,14-15,17-18,22-29H,4,7,10,13,16,19-21,30-33H2,1-3H3,(H,43,46)(H,44,47)(H,45,48)/b6-5-,9-8-,12-11-,15-14-,18-17-. The molecule has 2 aromatic carbocycles. The van der Waals surface area contributed by atoms with Crippen LogP contribution in [-0.2, 0) is 16.0 Å². The molecule has 0 aliphatic rings. The third kappa shape index (κ3) is 19.3. The third-order valence-corrected chi connectivity index (χ3v) is 7.57. The molecule has 8 heteroatoms. The minimum atomic E-state index is -1.10. The molecule has 0 spiro atoms. The summed E-state index contributed by atoms with van der Waals surface area (Å²) >= 11 is 5.88. The molecule has 0 atom stereocenters. The highest BCUT2D eigenvalue weighted by atomic mass is 35.5. The molecule has 0 heterocycles. The van der Waals surface area contributed by atoms with E-state index in [0.29, 0.717) is 48.8 Å². The molecule has 49 heavy (non-hydrogen) atoms. The van der Waals surface area contributed by atoms with Crippen LogP contribution in [0.5, 0.6) is 5.75 Å². The minimum absolute atomic E-state index is 0.0262. The van der Waals surface area contributed by atoms with E-state index in [9.17, 15) is 14.4 Å². The highest BCUT2D eigenvalue weighted by Gasteiger charge is 2.29. The average molecular weight is 688 g/mol. The lowest BCUT2D eigenvalue weighted by atomic mass is 10.1. The number of benzene rings is 2. The number of amides is 3. The summed E-state index contributed by atoms with van der Waals surface area (Å²) < 4.78 is 5.95. The van der Waals surface area contributed by atoms with Crippen molar-refractivity contribution in [2.75, 3.05) is 19.6 Å². The number of carbonyl (C=O) groups excluding carboxylic acids is 3. The van der Waals surface area contributed by atoms with E-state index in [1.807, 2.05) is 24.3 Å². The molecule has 264 valence electrons. The topological polar surface area (TPSA) is 96.5 Å². The molecule has 0 saturated heterocycles. The first-order valence-electron chi connectivity index (χ1n) is 17.3. The van der Waals surface area contributed by atoms with E-state index >= 15 is 0 Å². The van der Waals surface area contributed by atoms with Crippen molar-refractivity contribution in [2.45, 2.75) is 84.2 Å². The van der Waals surface area contributed by atoms with Crippen molar-refractivity contribution in [3.8, 4) is 5.75 Å². The van der Waals surface area contributed by atoms with E-state index in [4.69, 9.17) is 16.3 Å². The van der Waals surface area contributed by atoms with Crippen LogP contribution in [0, 0.1) is 0 Å². The molecular weight excluding hydrogens is 634 g/mol. The summed E-state index contributed by atoms with van der Waals surface area (Å²) in [4.78, 5) is 37.2. The second kappa shape index (κ2) is 24.7. The van der Waals surface area contributed by atoms with Crippen LogP contribution in [0.15, 0.2) is 109 Å². The van der Waals surface area contributed by atoms with Crippen LogP contribution in [-0.4, -0.2) is 43.0 Å². The zero-order chi connectivity index (χ0) is 35.6. The van der Waals surface area contributed by atoms with Gasteiger partial charge in [-0.15, -0.1) is 0 Å². The van der Waals surface area contributed by atoms with Gasteiger partial charge in [0.2, 0.25) is 5.91 Å². The Kier molecular flexibility index (Phi) is 20.6. The van der Waals surface area contributed by atoms with Crippen LogP contribution in [0.1, 0.15) is 88.1 Å². The Labute approximate surface area is 298 Å². The first-order valence-corrected chi connectivity index (χ1v) is 17.7. The summed E-state index contributed by atoms with van der Waals surface area (Å²) in [5.41, 5.74) is 0.489. The van der Waals surface area contributed by atoms with Crippen LogP contribution < -0.4 is 20.7 Å². The fourth-order valence-electron chi connectivity index (χ4n) is 4.52. The Balaban J connectivity index is 1.52. The summed E-state index contributed by atoms with van der Waals surface area (Å²) in [5.74, 6) is 0.118. The first kappa shape index (κ1) is 40.8. The molecule has 0 aliphatic heterocycles. The predicted molar refractivity (Wildman–Crippen MR) is 203 cm³/mol. The minimum Gasteiger partial charge on any atom is -0.478 e. The van der Waals surface area contributed by atoms with Gasteiger partial charge < -0.3 is 20.7 Å². The maximum atomic E-state index is 12.8. The van der Waals surface area contributed by atoms with Crippen LogP contribution in [0.25, 0.3) is 0 Å². The second-order valence-electron chi connectivity index (χ2n) is 12.0. The SMILES string of the molecule is CC/C=C\C/C=C\C/C=C\C/C=C\C/C=C\CCCC(=O)NCCNC(=O)C(C)(C)Oc1ccc(CCNC(=O)c2ccc(Cl)cc2)cc1. The van der Waals surface area contributed by atoms with Crippen LogP contribution in [0.3, 0.4) is 0 Å². The molecule has 0 bridgehead atoms. The van der Waals surface area contributed by atoms with Crippen molar-refractivity contribution >= 4 is 29.3 Å². The maximum Gasteiger partial charge on any atom is 0.263 e. The van der Waals surface area contributed by atoms with E-state index in [-0.39, 0.29) is 17.7 Å². The lowest BCUT2D eigenvalue weighted by Gasteiger charge is -2.25. The molecular formula is C41H54ClN3O4. The van der Waals surface area contributed by atoms with Gasteiger partial charge in [0.15, 0.2) is 5.60 Å². The zero-order valence-corrected chi connectivity index (χ0v) is 30.1. The summed E-state index contributed by atoms with van der Waals surface area (Å²) in [6.45, 7) is 6.70. The largest absolute Gasteiger partial charge is 0.478 e. The molecule has 3 amide bonds. The van der Waals surface area contributed by atoms with E-state index < -0.39 is 5.60 Å². The Morgan fingerprint density at radius 2 is 1.24 bits per heavy atom. The number of hydrogen-bond acceptors (Lipinski definition) is 4. The van der Waals surface area contributed by atoms with Crippen molar-refractivity contribution in [1.82, 2.24) is 16.0 Å². The average Bonchev–Trinajstić information content (AvgIpc) is 3.08. The quantitative estimate of drug-likeness (QED) is 0.0805. The Bertz CT molecular complexity index is 1410. The van der Waals surface area contributed by atoms with Crippen molar-refractivity contribution in [3.05, 3.63) is 125 Å². The summed E-state index contributed by atoms with van der Waals surface area (Å²) in [5, 5.41) is 9.18. The lowest BCUT2D eigenvalue weighted by Crippen LogP contribution is -2.48. The molecule has 3 N–H and O–H groups in total. The van der Waals surface area contributed by atoms with Gasteiger partial charge in [0.25, 0.3) is 11.8 Å². The summed E-state index contributed by atoms with van der Waals surface area (Å²) in [6.07, 6.45) is 29.3. The van der Waals surface area contributed by atoms with Gasteiger partial charge in [0.05, 0.1) is 0 Å². The summed E-state index contributed by atoms with van der Waals surface area (Å²) in [7, 11) is 0. The number of hydrogen-bond donors (Lipinski definition) is 3. The van der Waals surface area contributed by atoms with Gasteiger partial charge in [0.1, 0.15) is 5.75 Å². The number of halogens is 1. The molecule has 2 aromatic rings. The van der Waals surface area contributed by atoms with Gasteiger partial charge in [-0.2, -0.15) is 0 Å². The van der Waals surface area contributed by atoms with Crippen molar-refractivity contribution < 1.29 is 19.1 Å². The molecule has 0 unspecified atom stereocenters. The van der Waals surface area contributed by atoms with Crippen LogP contribution in [0.4, 0.5) is 0 Å². The Morgan fingerprint density at radius 1 is 0.694 bits per heavy atom. The van der Waals surface area contributed by atoms with Crippen LogP contribution >= 0.6 is 11.6 Å². The smallest absolute Gasteiger partial charge is 0.263 e. The second-order valence-corrected chi connectivity index (χ2v) is 12.4. The number of allylic oxidation sites excluding steroid dienone is 10. The first-order chi connectivity index (χ1) is 23.7.